The van der Waals surface area contributed by atoms with Crippen LogP contribution in [0, 0.1) is 29.6 Å². The minimum absolute atomic E-state index is 1.04. The second-order valence-electron chi connectivity index (χ2n) is 4.61. The van der Waals surface area contributed by atoms with Crippen molar-refractivity contribution in [2.24, 2.45) is 29.6 Å². The molecule has 0 amide bonds. The summed E-state index contributed by atoms with van der Waals surface area (Å²) in [6.07, 6.45) is 3.04. The zero-order chi connectivity index (χ0) is 7.30. The molecule has 2 saturated carbocycles. The molecule has 0 spiro atoms. The van der Waals surface area contributed by atoms with Crippen LogP contribution < -0.4 is 0 Å². The Hall–Kier alpha value is 0. The van der Waals surface area contributed by atoms with Crippen LogP contribution in [0.2, 0.25) is 0 Å². The second kappa shape index (κ2) is 1.99. The van der Waals surface area contributed by atoms with Crippen LogP contribution in [-0.4, -0.2) is 0 Å². The summed E-state index contributed by atoms with van der Waals surface area (Å²) in [5.41, 5.74) is 0. The van der Waals surface area contributed by atoms with E-state index in [0.717, 1.165) is 29.6 Å². The van der Waals surface area contributed by atoms with Gasteiger partial charge in [0.2, 0.25) is 0 Å². The van der Waals surface area contributed by atoms with Crippen molar-refractivity contribution in [3.63, 3.8) is 0 Å². The average molecular weight is 138 g/mol. The van der Waals surface area contributed by atoms with E-state index in [2.05, 4.69) is 20.8 Å². The molecule has 2 rings (SSSR count). The molecule has 0 heterocycles. The topological polar surface area (TPSA) is 0 Å². The fourth-order valence-corrected chi connectivity index (χ4v) is 3.46. The Morgan fingerprint density at radius 3 is 1.40 bits per heavy atom. The molecule has 0 heteroatoms. The van der Waals surface area contributed by atoms with Crippen LogP contribution in [0.4, 0.5) is 0 Å². The van der Waals surface area contributed by atoms with Gasteiger partial charge in [-0.05, 0) is 42.4 Å². The molecule has 0 saturated heterocycles. The van der Waals surface area contributed by atoms with E-state index >= 15 is 0 Å². The highest BCUT2D eigenvalue weighted by Gasteiger charge is 2.47. The zero-order valence-corrected chi connectivity index (χ0v) is 7.30. The smallest absolute Gasteiger partial charge is 0.0357 e. The van der Waals surface area contributed by atoms with Crippen molar-refractivity contribution in [3.05, 3.63) is 0 Å². The molecular formula is C10H18. The van der Waals surface area contributed by atoms with Gasteiger partial charge >= 0.3 is 0 Å². The molecule has 0 aliphatic heterocycles. The Kier molecular flexibility index (Phi) is 1.33. The van der Waals surface area contributed by atoms with Gasteiger partial charge < -0.3 is 0 Å². The number of fused-ring (bicyclic) bond motifs is 2. The van der Waals surface area contributed by atoms with Gasteiger partial charge in [-0.1, -0.05) is 20.8 Å². The summed E-state index contributed by atoms with van der Waals surface area (Å²) < 4.78 is 0. The van der Waals surface area contributed by atoms with E-state index in [4.69, 9.17) is 0 Å². The molecule has 58 valence electrons. The highest BCUT2D eigenvalue weighted by atomic mass is 14.5. The Morgan fingerprint density at radius 1 is 0.800 bits per heavy atom. The summed E-state index contributed by atoms with van der Waals surface area (Å²) >= 11 is 0. The lowest BCUT2D eigenvalue weighted by Crippen LogP contribution is -2.12. The van der Waals surface area contributed by atoms with Gasteiger partial charge in [0.1, 0.15) is 0 Å². The first kappa shape index (κ1) is 6.69. The van der Waals surface area contributed by atoms with E-state index in [-0.39, 0.29) is 0 Å². The van der Waals surface area contributed by atoms with Crippen molar-refractivity contribution in [1.29, 1.82) is 0 Å². The first-order valence-corrected chi connectivity index (χ1v) is 4.70. The predicted molar refractivity (Wildman–Crippen MR) is 43.7 cm³/mol. The molecule has 2 aliphatic carbocycles. The third kappa shape index (κ3) is 0.681. The highest BCUT2D eigenvalue weighted by Crippen LogP contribution is 2.54. The minimum Gasteiger partial charge on any atom is -0.0622 e. The van der Waals surface area contributed by atoms with E-state index in [0.29, 0.717) is 0 Å². The van der Waals surface area contributed by atoms with Crippen molar-refractivity contribution in [1.82, 2.24) is 0 Å². The largest absolute Gasteiger partial charge is 0.0622 e. The van der Waals surface area contributed by atoms with E-state index < -0.39 is 0 Å². The average Bonchev–Trinajstić information content (AvgIpc) is 2.26. The zero-order valence-electron chi connectivity index (χ0n) is 7.30. The van der Waals surface area contributed by atoms with Gasteiger partial charge in [-0.25, -0.2) is 0 Å². The van der Waals surface area contributed by atoms with Gasteiger partial charge in [-0.2, -0.15) is 0 Å². The maximum Gasteiger partial charge on any atom is -0.0357 e. The molecule has 4 unspecified atom stereocenters. The third-order valence-electron chi connectivity index (χ3n) is 4.10. The Labute approximate surface area is 64.0 Å². The first-order chi connectivity index (χ1) is 4.70. The fraction of sp³-hybridized carbons (Fsp3) is 1.00. The molecule has 2 fully saturated rings. The summed E-state index contributed by atoms with van der Waals surface area (Å²) in [7, 11) is 0. The number of hydrogen-bond donors (Lipinski definition) is 0. The van der Waals surface area contributed by atoms with E-state index in [1.54, 1.807) is 0 Å². The Morgan fingerprint density at radius 2 is 1.20 bits per heavy atom. The van der Waals surface area contributed by atoms with Crippen molar-refractivity contribution in [2.45, 2.75) is 33.6 Å². The van der Waals surface area contributed by atoms with Gasteiger partial charge in [-0.3, -0.25) is 0 Å². The van der Waals surface area contributed by atoms with Gasteiger partial charge in [0.15, 0.2) is 0 Å². The summed E-state index contributed by atoms with van der Waals surface area (Å²) in [5.74, 6) is 5.29. The number of rotatable bonds is 0. The molecule has 10 heavy (non-hydrogen) atoms. The van der Waals surface area contributed by atoms with Crippen LogP contribution in [0.25, 0.3) is 0 Å². The van der Waals surface area contributed by atoms with Crippen LogP contribution in [0.3, 0.4) is 0 Å². The molecule has 2 bridgehead atoms. The summed E-state index contributed by atoms with van der Waals surface area (Å²) in [4.78, 5) is 0. The van der Waals surface area contributed by atoms with Gasteiger partial charge in [-0.15, -0.1) is 0 Å². The van der Waals surface area contributed by atoms with Gasteiger partial charge in [0.05, 0.1) is 0 Å². The van der Waals surface area contributed by atoms with Crippen molar-refractivity contribution < 1.29 is 0 Å². The molecule has 2 aliphatic rings. The quantitative estimate of drug-likeness (QED) is 0.483. The van der Waals surface area contributed by atoms with Gasteiger partial charge in [0.25, 0.3) is 0 Å². The van der Waals surface area contributed by atoms with Crippen LogP contribution in [0.15, 0.2) is 0 Å². The SMILES string of the molecule is CC1CC2C(C)CC1C2C. The fourth-order valence-electron chi connectivity index (χ4n) is 3.46. The van der Waals surface area contributed by atoms with Crippen molar-refractivity contribution in [2.75, 3.05) is 0 Å². The van der Waals surface area contributed by atoms with E-state index in [9.17, 15) is 0 Å². The maximum atomic E-state index is 2.46. The lowest BCUT2D eigenvalue weighted by Gasteiger charge is -2.21. The lowest BCUT2D eigenvalue weighted by molar-refractivity contribution is 0.288. The standard InChI is InChI=1S/C10H18/c1-6-4-10-7(2)5-9(6)8(10)3/h6-10H,4-5H2,1-3H3. The monoisotopic (exact) mass is 138 g/mol. The minimum atomic E-state index is 1.04. The van der Waals surface area contributed by atoms with Crippen LogP contribution in [0.1, 0.15) is 33.6 Å². The van der Waals surface area contributed by atoms with Crippen LogP contribution in [0.5, 0.6) is 0 Å². The molecule has 0 aromatic rings. The molecule has 0 N–H and O–H groups in total. The van der Waals surface area contributed by atoms with Crippen LogP contribution in [-0.2, 0) is 0 Å². The summed E-state index contributed by atoms with van der Waals surface area (Å²) in [5, 5.41) is 0. The van der Waals surface area contributed by atoms with E-state index in [1.807, 2.05) is 0 Å². The molecule has 0 aromatic heterocycles. The number of hydrogen-bond acceptors (Lipinski definition) is 0. The molecule has 0 nitrogen and oxygen atoms in total. The third-order valence-corrected chi connectivity index (χ3v) is 4.10. The highest BCUT2D eigenvalue weighted by molar-refractivity contribution is 4.96. The van der Waals surface area contributed by atoms with Crippen LogP contribution >= 0.6 is 0 Å². The van der Waals surface area contributed by atoms with Crippen molar-refractivity contribution >= 4 is 0 Å². The lowest BCUT2D eigenvalue weighted by atomic mass is 9.84. The molecule has 0 radical (unpaired) electrons. The Balaban J connectivity index is 2.17. The first-order valence-electron chi connectivity index (χ1n) is 4.70. The molecular weight excluding hydrogens is 120 g/mol. The van der Waals surface area contributed by atoms with Gasteiger partial charge in [0, 0.05) is 0 Å². The summed E-state index contributed by atoms with van der Waals surface area (Å²) in [6, 6.07) is 0. The van der Waals surface area contributed by atoms with Crippen molar-refractivity contribution in [3.8, 4) is 0 Å². The normalized spacial score (nSPS) is 59.7. The molecule has 4 atom stereocenters. The Bertz CT molecular complexity index is 123. The maximum absolute atomic E-state index is 2.46. The summed E-state index contributed by atoms with van der Waals surface area (Å²) in [6.45, 7) is 7.34. The predicted octanol–water partition coefficient (Wildman–Crippen LogP) is 2.93. The second-order valence-corrected chi connectivity index (χ2v) is 4.61. The van der Waals surface area contributed by atoms with E-state index in [1.165, 1.54) is 12.8 Å². The molecule has 0 aromatic carbocycles.